The molecule has 0 aliphatic carbocycles. The van der Waals surface area contributed by atoms with Crippen LogP contribution in [0, 0.1) is 20.5 Å². The Morgan fingerprint density at radius 2 is 1.03 bits per heavy atom. The smallest absolute Gasteiger partial charge is 0.305 e. The van der Waals surface area contributed by atoms with E-state index in [-0.39, 0.29) is 17.1 Å². The van der Waals surface area contributed by atoms with Crippen molar-refractivity contribution in [3.05, 3.63) is 29.8 Å². The second-order valence-electron chi connectivity index (χ2n) is 8.46. The summed E-state index contributed by atoms with van der Waals surface area (Å²) in [6, 6.07) is 8.87. The summed E-state index contributed by atoms with van der Waals surface area (Å²) in [7, 11) is -3.10. The van der Waals surface area contributed by atoms with Crippen LogP contribution in [0.3, 0.4) is 0 Å². The predicted molar refractivity (Wildman–Crippen MR) is 115 cm³/mol. The van der Waals surface area contributed by atoms with Crippen LogP contribution >= 0.6 is 11.8 Å². The molecule has 1 heterocycles. The summed E-state index contributed by atoms with van der Waals surface area (Å²) in [5, 5.41) is 0. The molecule has 1 fully saturated rings. The van der Waals surface area contributed by atoms with Gasteiger partial charge in [0.05, 0.1) is 0 Å². The first-order valence-electron chi connectivity index (χ1n) is 11.2. The second-order valence-corrected chi connectivity index (χ2v) is 10.8. The molecule has 1 aromatic carbocycles. The molecule has 2 rings (SSSR count). The first kappa shape index (κ1) is 39.3. The third kappa shape index (κ3) is 27.5. The summed E-state index contributed by atoms with van der Waals surface area (Å²) >= 11 is 1.86. The van der Waals surface area contributed by atoms with E-state index in [0.717, 1.165) is 19.6 Å². The van der Waals surface area contributed by atoms with Crippen LogP contribution in [0.2, 0.25) is 0 Å². The Morgan fingerprint density at radius 3 is 1.46 bits per heavy atom. The molecule has 1 radical (unpaired) electrons. The summed E-state index contributed by atoms with van der Waals surface area (Å²) < 4.78 is 67.9. The molecule has 37 heavy (non-hydrogen) atoms. The van der Waals surface area contributed by atoms with Crippen LogP contribution in [-0.4, -0.2) is 99.4 Å². The van der Waals surface area contributed by atoms with Crippen LogP contribution in [0.15, 0.2) is 29.2 Å². The van der Waals surface area contributed by atoms with Gasteiger partial charge in [-0.2, -0.15) is 0 Å². The monoisotopic (exact) mass is 639 g/mol. The maximum atomic E-state index is 8.49. The fourth-order valence-corrected chi connectivity index (χ4v) is 4.12. The van der Waals surface area contributed by atoms with E-state index in [1.54, 1.807) is 0 Å². The van der Waals surface area contributed by atoms with Gasteiger partial charge in [-0.3, -0.25) is 4.90 Å². The van der Waals surface area contributed by atoms with Crippen LogP contribution < -0.4 is 37.3 Å². The van der Waals surface area contributed by atoms with Gasteiger partial charge in [-0.25, -0.2) is 37.3 Å². The van der Waals surface area contributed by atoms with Gasteiger partial charge in [-0.05, 0) is 78.0 Å². The SMILES string of the molecule is CSc1ccccc1CN1CCCN(C)CCN(C)CCCN(C)CC1.[Cu+2].[O-][Cl+3]([O-])([O-])[O-].[O-][Cl+3]([O-])([O-])[O-]. The van der Waals surface area contributed by atoms with Gasteiger partial charge >= 0.3 is 17.1 Å². The van der Waals surface area contributed by atoms with E-state index in [1.807, 2.05) is 11.8 Å². The molecule has 0 bridgehead atoms. The van der Waals surface area contributed by atoms with Crippen LogP contribution in [0.4, 0.5) is 0 Å². The summed E-state index contributed by atoms with van der Waals surface area (Å²) in [5.41, 5.74) is 1.47. The first-order chi connectivity index (χ1) is 16.6. The number of hydrogen-bond acceptors (Lipinski definition) is 13. The van der Waals surface area contributed by atoms with Crippen molar-refractivity contribution in [2.75, 3.05) is 79.8 Å². The molecule has 0 amide bonds. The van der Waals surface area contributed by atoms with Crippen molar-refractivity contribution < 1.29 is 74.8 Å². The van der Waals surface area contributed by atoms with Crippen molar-refractivity contribution in [2.24, 2.45) is 0 Å². The molecular formula is C21H38Cl2CuN4O8S. The quantitative estimate of drug-likeness (QED) is 0.223. The number of rotatable bonds is 3. The Morgan fingerprint density at radius 1 is 0.649 bits per heavy atom. The van der Waals surface area contributed by atoms with Gasteiger partial charge in [0.25, 0.3) is 0 Å². The molecule has 0 aromatic heterocycles. The Bertz CT molecular complexity index is 683. The molecular weight excluding hydrogens is 603 g/mol. The number of halogens is 2. The molecule has 0 unspecified atom stereocenters. The van der Waals surface area contributed by atoms with Crippen molar-refractivity contribution in [3.63, 3.8) is 0 Å². The van der Waals surface area contributed by atoms with Gasteiger partial charge in [0.1, 0.15) is 0 Å². The zero-order chi connectivity index (χ0) is 27.8. The minimum atomic E-state index is -4.94. The van der Waals surface area contributed by atoms with Crippen molar-refractivity contribution in [1.29, 1.82) is 0 Å². The summed E-state index contributed by atoms with van der Waals surface area (Å²) in [6.07, 6.45) is 4.68. The molecule has 1 aliphatic rings. The summed E-state index contributed by atoms with van der Waals surface area (Å²) in [4.78, 5) is 11.5. The van der Waals surface area contributed by atoms with E-state index >= 15 is 0 Å². The van der Waals surface area contributed by atoms with Gasteiger partial charge in [0, 0.05) is 37.6 Å². The zero-order valence-corrected chi connectivity index (χ0v) is 24.9. The number of benzene rings is 1. The molecule has 1 aliphatic heterocycles. The minimum absolute atomic E-state index is 0. The largest absolute Gasteiger partial charge is 2.00 e. The summed E-state index contributed by atoms with van der Waals surface area (Å²) in [5.74, 6) is 0. The van der Waals surface area contributed by atoms with Gasteiger partial charge in [0.2, 0.25) is 0 Å². The van der Waals surface area contributed by atoms with Crippen molar-refractivity contribution in [2.45, 2.75) is 24.3 Å². The van der Waals surface area contributed by atoms with E-state index in [4.69, 9.17) is 37.3 Å². The molecule has 1 aromatic rings. The molecule has 12 nitrogen and oxygen atoms in total. The van der Waals surface area contributed by atoms with Crippen LogP contribution in [0.5, 0.6) is 0 Å². The Balaban J connectivity index is 0. The van der Waals surface area contributed by atoms with Crippen molar-refractivity contribution in [3.8, 4) is 0 Å². The minimum Gasteiger partial charge on any atom is -0.305 e. The summed E-state index contributed by atoms with van der Waals surface area (Å²) in [6.45, 7) is 10.5. The Kier molecular flexibility index (Phi) is 22.3. The van der Waals surface area contributed by atoms with E-state index in [0.29, 0.717) is 0 Å². The van der Waals surface area contributed by atoms with E-state index in [2.05, 4.69) is 71.3 Å². The average Bonchev–Trinajstić information content (AvgIpc) is 2.73. The van der Waals surface area contributed by atoms with Gasteiger partial charge in [-0.1, -0.05) is 18.2 Å². The molecule has 1 saturated heterocycles. The number of thioether (sulfide) groups is 1. The number of nitrogens with zero attached hydrogens (tertiary/aromatic N) is 4. The standard InChI is InChI=1S/C21H38N4S.2ClHO4.Cu/c1-22-11-7-12-24(3)17-18-25(14-8-13-23(2)16-15-22)19-20-9-5-6-10-21(20)26-4;2*2-1(3,4)5;/h5-6,9-10H,7-8,11-19H2,1-4H3;2*(H,2,3,4,5);/q;;;+2/p-2. The number of hydrogen-bond donors (Lipinski definition) is 0. The predicted octanol–water partition coefficient (Wildman–Crippen LogP) is -6.71. The average molecular weight is 641 g/mol. The van der Waals surface area contributed by atoms with Crippen molar-refractivity contribution in [1.82, 2.24) is 19.6 Å². The van der Waals surface area contributed by atoms with Crippen LogP contribution in [0.25, 0.3) is 0 Å². The van der Waals surface area contributed by atoms with E-state index in [9.17, 15) is 0 Å². The third-order valence-electron chi connectivity index (χ3n) is 5.34. The fraction of sp³-hybridized carbons (Fsp3) is 0.714. The molecule has 0 spiro atoms. The van der Waals surface area contributed by atoms with Gasteiger partial charge in [0.15, 0.2) is 0 Å². The van der Waals surface area contributed by atoms with Gasteiger partial charge < -0.3 is 14.7 Å². The zero-order valence-electron chi connectivity index (χ0n) is 21.6. The molecule has 221 valence electrons. The molecule has 0 atom stereocenters. The van der Waals surface area contributed by atoms with E-state index in [1.165, 1.54) is 62.6 Å². The first-order valence-corrected chi connectivity index (χ1v) is 14.9. The Hall–Kier alpha value is 0.189. The van der Waals surface area contributed by atoms with Crippen LogP contribution in [-0.2, 0) is 23.6 Å². The van der Waals surface area contributed by atoms with Crippen molar-refractivity contribution >= 4 is 11.8 Å². The second kappa shape index (κ2) is 21.0. The van der Waals surface area contributed by atoms with E-state index < -0.39 is 20.5 Å². The normalized spacial score (nSPS) is 18.4. The fourth-order valence-electron chi connectivity index (χ4n) is 3.51. The van der Waals surface area contributed by atoms with Gasteiger partial charge in [-0.15, -0.1) is 32.2 Å². The Labute approximate surface area is 239 Å². The topological polar surface area (TPSA) is 197 Å². The molecule has 16 heteroatoms. The molecule has 0 N–H and O–H groups in total. The maximum Gasteiger partial charge on any atom is 2.00 e. The third-order valence-corrected chi connectivity index (χ3v) is 6.18. The maximum absolute atomic E-state index is 8.49. The molecule has 0 saturated carbocycles. The van der Waals surface area contributed by atoms with Crippen LogP contribution in [0.1, 0.15) is 18.4 Å². The number of likely N-dealkylation sites (N-methyl/N-ethyl adjacent to an activating group) is 3.